The van der Waals surface area contributed by atoms with E-state index in [1.54, 1.807) is 6.20 Å². The highest BCUT2D eigenvalue weighted by molar-refractivity contribution is 5.93. The first kappa shape index (κ1) is 21.4. The zero-order valence-electron chi connectivity index (χ0n) is 18.9. The number of H-pyrrole nitrogens is 1. The van der Waals surface area contributed by atoms with Gasteiger partial charge >= 0.3 is 0 Å². The first-order valence-electron chi connectivity index (χ1n) is 11.4. The summed E-state index contributed by atoms with van der Waals surface area (Å²) in [7, 11) is 2.16. The van der Waals surface area contributed by atoms with E-state index in [4.69, 9.17) is 10.5 Å². The molecule has 1 aliphatic rings. The Kier molecular flexibility index (Phi) is 6.24. The molecule has 7 nitrogen and oxygen atoms in total. The van der Waals surface area contributed by atoms with Crippen LogP contribution in [0.1, 0.15) is 5.56 Å². The van der Waals surface area contributed by atoms with Crippen LogP contribution in [0.25, 0.3) is 22.0 Å². The number of ether oxygens (including phenoxy) is 1. The molecule has 3 N–H and O–H groups in total. The molecule has 3 heterocycles. The topological polar surface area (TPSA) is 83.3 Å². The van der Waals surface area contributed by atoms with Gasteiger partial charge in [0.15, 0.2) is 5.82 Å². The Hall–Kier alpha value is -3.42. The number of anilines is 1. The molecular weight excluding hydrogens is 412 g/mol. The van der Waals surface area contributed by atoms with E-state index in [1.165, 1.54) is 5.56 Å². The van der Waals surface area contributed by atoms with Crippen LogP contribution in [0, 0.1) is 0 Å². The predicted octanol–water partition coefficient (Wildman–Crippen LogP) is 3.33. The Morgan fingerprint density at radius 1 is 1.00 bits per heavy atom. The quantitative estimate of drug-likeness (QED) is 0.457. The number of benzene rings is 2. The lowest BCUT2D eigenvalue weighted by Crippen LogP contribution is -2.44. The molecule has 2 aromatic carbocycles. The summed E-state index contributed by atoms with van der Waals surface area (Å²) >= 11 is 0. The summed E-state index contributed by atoms with van der Waals surface area (Å²) in [5.41, 5.74) is 10.6. The molecule has 0 radical (unpaired) electrons. The Morgan fingerprint density at radius 2 is 1.82 bits per heavy atom. The standard InChI is InChI=1S/C26H30N6O/c1-31-9-11-32(12-10-31)26-24-15-20(7-8-25(24)29-30-26)21-14-23(17-28-16-21)33-18-22(27)13-19-5-3-2-4-6-19/h2-8,14-17,22H,9-13,18,27H2,1H3,(H,29,30)/t22-/m0/s1. The lowest BCUT2D eigenvalue weighted by Gasteiger charge is -2.32. The number of aromatic nitrogens is 3. The van der Waals surface area contributed by atoms with Crippen molar-refractivity contribution in [3.8, 4) is 16.9 Å². The number of hydrogen-bond donors (Lipinski definition) is 2. The Balaban J connectivity index is 1.30. The number of nitrogens with two attached hydrogens (primary N) is 1. The average molecular weight is 443 g/mol. The molecule has 1 atom stereocenters. The molecule has 1 aliphatic heterocycles. The van der Waals surface area contributed by atoms with Crippen molar-refractivity contribution in [3.63, 3.8) is 0 Å². The molecule has 170 valence electrons. The van der Waals surface area contributed by atoms with Gasteiger partial charge in [-0.05, 0) is 42.8 Å². The van der Waals surface area contributed by atoms with E-state index >= 15 is 0 Å². The van der Waals surface area contributed by atoms with Crippen molar-refractivity contribution in [2.45, 2.75) is 12.5 Å². The number of likely N-dealkylation sites (N-methyl/N-ethyl adjacent to an activating group) is 1. The third-order valence-electron chi connectivity index (χ3n) is 6.20. The van der Waals surface area contributed by atoms with Gasteiger partial charge in [0, 0.05) is 49.4 Å². The van der Waals surface area contributed by atoms with Crippen molar-refractivity contribution in [2.75, 3.05) is 44.7 Å². The molecule has 0 saturated carbocycles. The van der Waals surface area contributed by atoms with E-state index in [9.17, 15) is 0 Å². The Bertz CT molecular complexity index is 1200. The predicted molar refractivity (Wildman–Crippen MR) is 133 cm³/mol. The van der Waals surface area contributed by atoms with Crippen molar-refractivity contribution in [3.05, 3.63) is 72.6 Å². The number of aromatic amines is 1. The van der Waals surface area contributed by atoms with Crippen LogP contribution < -0.4 is 15.4 Å². The number of fused-ring (bicyclic) bond motifs is 1. The largest absolute Gasteiger partial charge is 0.490 e. The fraction of sp³-hybridized carbons (Fsp3) is 0.308. The van der Waals surface area contributed by atoms with Crippen LogP contribution in [0.15, 0.2) is 67.0 Å². The van der Waals surface area contributed by atoms with Crippen LogP contribution in [-0.4, -0.2) is 66.0 Å². The second kappa shape index (κ2) is 9.60. The van der Waals surface area contributed by atoms with Crippen LogP contribution in [-0.2, 0) is 6.42 Å². The monoisotopic (exact) mass is 442 g/mol. The number of nitrogens with one attached hydrogen (secondary N) is 1. The van der Waals surface area contributed by atoms with Gasteiger partial charge in [-0.25, -0.2) is 0 Å². The fourth-order valence-electron chi connectivity index (χ4n) is 4.27. The third-order valence-corrected chi connectivity index (χ3v) is 6.20. The van der Waals surface area contributed by atoms with Crippen LogP contribution in [0.5, 0.6) is 5.75 Å². The highest BCUT2D eigenvalue weighted by Gasteiger charge is 2.19. The summed E-state index contributed by atoms with van der Waals surface area (Å²) in [6.07, 6.45) is 4.39. The van der Waals surface area contributed by atoms with Crippen LogP contribution in [0.2, 0.25) is 0 Å². The fourth-order valence-corrected chi connectivity index (χ4v) is 4.27. The number of rotatable bonds is 7. The van der Waals surface area contributed by atoms with Crippen LogP contribution in [0.4, 0.5) is 5.82 Å². The summed E-state index contributed by atoms with van der Waals surface area (Å²) in [6.45, 7) is 4.49. The summed E-state index contributed by atoms with van der Waals surface area (Å²) < 4.78 is 5.98. The summed E-state index contributed by atoms with van der Waals surface area (Å²) in [6, 6.07) is 18.6. The van der Waals surface area contributed by atoms with Crippen molar-refractivity contribution in [1.29, 1.82) is 0 Å². The van der Waals surface area contributed by atoms with E-state index in [0.717, 1.165) is 66.2 Å². The number of nitrogens with zero attached hydrogens (tertiary/aromatic N) is 4. The van der Waals surface area contributed by atoms with Gasteiger partial charge in [0.05, 0.1) is 11.7 Å². The average Bonchev–Trinajstić information content (AvgIpc) is 3.27. The molecule has 0 aliphatic carbocycles. The molecule has 0 unspecified atom stereocenters. The van der Waals surface area contributed by atoms with Gasteiger partial charge in [-0.15, -0.1) is 0 Å². The van der Waals surface area contributed by atoms with Crippen molar-refractivity contribution in [1.82, 2.24) is 20.1 Å². The van der Waals surface area contributed by atoms with Crippen molar-refractivity contribution >= 4 is 16.7 Å². The zero-order valence-corrected chi connectivity index (χ0v) is 18.9. The first-order valence-corrected chi connectivity index (χ1v) is 11.4. The van der Waals surface area contributed by atoms with Gasteiger partial charge in [-0.3, -0.25) is 10.1 Å². The molecule has 4 aromatic rings. The van der Waals surface area contributed by atoms with Gasteiger partial charge in [0.2, 0.25) is 0 Å². The minimum atomic E-state index is -0.0792. The van der Waals surface area contributed by atoms with Crippen LogP contribution in [0.3, 0.4) is 0 Å². The van der Waals surface area contributed by atoms with E-state index in [0.29, 0.717) is 6.61 Å². The lowest BCUT2D eigenvalue weighted by atomic mass is 10.1. The molecular formula is C26H30N6O. The highest BCUT2D eigenvalue weighted by atomic mass is 16.5. The SMILES string of the molecule is CN1CCN(c2n[nH]c3ccc(-c4cncc(OC[C@@H](N)Cc5ccccc5)c4)cc23)CC1. The third kappa shape index (κ3) is 4.99. The van der Waals surface area contributed by atoms with Gasteiger partial charge in [-0.1, -0.05) is 36.4 Å². The normalized spacial score (nSPS) is 15.6. The molecule has 1 saturated heterocycles. The second-order valence-electron chi connectivity index (χ2n) is 8.77. The maximum absolute atomic E-state index is 6.29. The maximum atomic E-state index is 6.29. The van der Waals surface area contributed by atoms with Gasteiger partial charge in [0.1, 0.15) is 12.4 Å². The number of piperazine rings is 1. The number of hydrogen-bond acceptors (Lipinski definition) is 6. The minimum absolute atomic E-state index is 0.0792. The smallest absolute Gasteiger partial charge is 0.158 e. The Morgan fingerprint density at radius 3 is 2.64 bits per heavy atom. The van der Waals surface area contributed by atoms with Crippen molar-refractivity contribution < 1.29 is 4.74 Å². The minimum Gasteiger partial charge on any atom is -0.490 e. The molecule has 0 amide bonds. The van der Waals surface area contributed by atoms with E-state index < -0.39 is 0 Å². The van der Waals surface area contributed by atoms with Crippen molar-refractivity contribution in [2.24, 2.45) is 5.73 Å². The van der Waals surface area contributed by atoms with Crippen LogP contribution >= 0.6 is 0 Å². The summed E-state index contributed by atoms with van der Waals surface area (Å²) in [5.74, 6) is 1.75. The van der Waals surface area contributed by atoms with Gasteiger partial charge in [0.25, 0.3) is 0 Å². The molecule has 1 fully saturated rings. The first-order chi connectivity index (χ1) is 16.2. The molecule has 2 aromatic heterocycles. The van der Waals surface area contributed by atoms with E-state index in [1.807, 2.05) is 30.5 Å². The maximum Gasteiger partial charge on any atom is 0.158 e. The lowest BCUT2D eigenvalue weighted by molar-refractivity contribution is 0.286. The van der Waals surface area contributed by atoms with E-state index in [-0.39, 0.29) is 6.04 Å². The summed E-state index contributed by atoms with van der Waals surface area (Å²) in [5, 5.41) is 8.92. The Labute approximate surface area is 194 Å². The van der Waals surface area contributed by atoms with Gasteiger partial charge < -0.3 is 20.3 Å². The molecule has 0 spiro atoms. The van der Waals surface area contributed by atoms with E-state index in [2.05, 4.69) is 62.4 Å². The molecule has 0 bridgehead atoms. The molecule has 7 heteroatoms. The highest BCUT2D eigenvalue weighted by Crippen LogP contribution is 2.31. The van der Waals surface area contributed by atoms with Gasteiger partial charge in [-0.2, -0.15) is 5.10 Å². The zero-order chi connectivity index (χ0) is 22.6. The summed E-state index contributed by atoms with van der Waals surface area (Å²) in [4.78, 5) is 9.11. The second-order valence-corrected chi connectivity index (χ2v) is 8.77. The number of pyridine rings is 1. The molecule has 5 rings (SSSR count). The molecule has 33 heavy (non-hydrogen) atoms.